The zero-order valence-corrected chi connectivity index (χ0v) is 19.0. The van der Waals surface area contributed by atoms with Crippen LogP contribution in [0.2, 0.25) is 0 Å². The molecular formula is C23H28N2O7S. The molecule has 3 aliphatic heterocycles. The number of carbonyl (C=O) groups is 2. The molecule has 2 bridgehead atoms. The van der Waals surface area contributed by atoms with Crippen molar-refractivity contribution >= 4 is 34.3 Å². The van der Waals surface area contributed by atoms with E-state index in [0.29, 0.717) is 11.5 Å². The highest BCUT2D eigenvalue weighted by Gasteiger charge is 2.64. The second kappa shape index (κ2) is 8.86. The van der Waals surface area contributed by atoms with Crippen LogP contribution in [0.3, 0.4) is 0 Å². The van der Waals surface area contributed by atoms with Gasteiger partial charge in [0.15, 0.2) is 0 Å². The Morgan fingerprint density at radius 3 is 2.64 bits per heavy atom. The topological polar surface area (TPSA) is 148 Å². The third-order valence-electron chi connectivity index (χ3n) is 6.37. The summed E-state index contributed by atoms with van der Waals surface area (Å²) >= 11 is 1.52. The summed E-state index contributed by atoms with van der Waals surface area (Å²) in [6.45, 7) is 0.178. The predicted molar refractivity (Wildman–Crippen MR) is 122 cm³/mol. The van der Waals surface area contributed by atoms with Gasteiger partial charge in [-0.2, -0.15) is 11.8 Å². The van der Waals surface area contributed by atoms with E-state index >= 15 is 0 Å². The first kappa shape index (κ1) is 23.9. The number of nitrogens with one attached hydrogen (secondary N) is 2. The molecular weight excluding hydrogens is 448 g/mol. The molecule has 0 spiro atoms. The molecule has 3 heterocycles. The van der Waals surface area contributed by atoms with E-state index < -0.39 is 47.5 Å². The Morgan fingerprint density at radius 1 is 1.18 bits per heavy atom. The lowest BCUT2D eigenvalue weighted by Crippen LogP contribution is -2.83. The predicted octanol–water partition coefficient (Wildman–Crippen LogP) is -0.155. The van der Waals surface area contributed by atoms with E-state index in [1.54, 1.807) is 0 Å². The number of piperazine rings is 1. The maximum atomic E-state index is 12.9. The van der Waals surface area contributed by atoms with Crippen molar-refractivity contribution in [2.24, 2.45) is 5.92 Å². The monoisotopic (exact) mass is 476 g/mol. The first-order valence-electron chi connectivity index (χ1n) is 10.7. The first-order chi connectivity index (χ1) is 15.6. The highest BCUT2D eigenvalue weighted by molar-refractivity contribution is 7.98. The van der Waals surface area contributed by atoms with E-state index in [0.717, 1.165) is 23.3 Å². The Labute approximate surface area is 195 Å². The summed E-state index contributed by atoms with van der Waals surface area (Å²) in [6, 6.07) is 14.2. The fourth-order valence-corrected chi connectivity index (χ4v) is 5.48. The van der Waals surface area contributed by atoms with Gasteiger partial charge in [0.1, 0.15) is 11.7 Å². The third kappa shape index (κ3) is 4.23. The fraction of sp³-hybridized carbons (Fsp3) is 0.478. The second-order valence-corrected chi connectivity index (χ2v) is 9.89. The summed E-state index contributed by atoms with van der Waals surface area (Å²) < 4.78 is 5.59. The van der Waals surface area contributed by atoms with Crippen molar-refractivity contribution < 1.29 is 34.8 Å². The number of aliphatic hydroxyl groups is 4. The van der Waals surface area contributed by atoms with Crippen molar-refractivity contribution in [2.75, 3.05) is 19.0 Å². The molecule has 10 heteroatoms. The van der Waals surface area contributed by atoms with Gasteiger partial charge in [0, 0.05) is 17.4 Å². The lowest BCUT2D eigenvalue weighted by atomic mass is 9.83. The Kier molecular flexibility index (Phi) is 6.43. The number of hydrogen-bond donors (Lipinski definition) is 6. The van der Waals surface area contributed by atoms with Gasteiger partial charge in [0.05, 0.1) is 13.2 Å². The molecule has 0 aliphatic carbocycles. The molecule has 3 aliphatic rings. The summed E-state index contributed by atoms with van der Waals surface area (Å²) in [5, 5.41) is 48.2. The van der Waals surface area contributed by atoms with Crippen molar-refractivity contribution in [3.05, 3.63) is 48.0 Å². The highest BCUT2D eigenvalue weighted by Crippen LogP contribution is 2.35. The average molecular weight is 477 g/mol. The fourth-order valence-electron chi connectivity index (χ4n) is 4.25. The maximum absolute atomic E-state index is 12.9. The van der Waals surface area contributed by atoms with Gasteiger partial charge in [-0.15, -0.1) is 0 Å². The largest absolute Gasteiger partial charge is 0.393 e. The number of carbonyl (C=O) groups excluding carboxylic acids is 2. The van der Waals surface area contributed by atoms with Gasteiger partial charge in [-0.1, -0.05) is 42.5 Å². The molecule has 0 saturated carbocycles. The van der Waals surface area contributed by atoms with Gasteiger partial charge in [0.25, 0.3) is 17.5 Å². The molecule has 2 amide bonds. The van der Waals surface area contributed by atoms with E-state index in [-0.39, 0.29) is 13.0 Å². The summed E-state index contributed by atoms with van der Waals surface area (Å²) in [6.07, 6.45) is -1.74. The van der Waals surface area contributed by atoms with E-state index in [1.165, 1.54) is 11.8 Å². The number of fused-ring (bicyclic) bond motifs is 6. The number of rotatable bonds is 7. The number of hydrogen-bond acceptors (Lipinski definition) is 8. The first-order valence-corrected chi connectivity index (χ1v) is 11.9. The molecule has 1 unspecified atom stereocenters. The minimum Gasteiger partial charge on any atom is -0.393 e. The van der Waals surface area contributed by atoms with Crippen LogP contribution in [0.15, 0.2) is 42.5 Å². The standard InChI is InChI=1S/C23H28N2O7S/c1-21(30,13-26)18(27)23-20(29)24-22(31,19(28)25-23)17(8-9-32-23)12-33-11-14-6-7-15-4-2-3-5-16(15)10-14/h2-7,10,17-18,26-27,30-31H,8-9,11-13H2,1H3,(H,24,29)(H,25,28)/t17?,18-,21+,22+,23-/m0/s1. The summed E-state index contributed by atoms with van der Waals surface area (Å²) in [4.78, 5) is 25.8. The van der Waals surface area contributed by atoms with Crippen LogP contribution in [0.4, 0.5) is 0 Å². The van der Waals surface area contributed by atoms with Gasteiger partial charge in [0.2, 0.25) is 5.72 Å². The van der Waals surface area contributed by atoms with Crippen LogP contribution < -0.4 is 10.6 Å². The molecule has 0 aromatic heterocycles. The van der Waals surface area contributed by atoms with Crippen molar-refractivity contribution in [3.8, 4) is 0 Å². The Morgan fingerprint density at radius 2 is 1.91 bits per heavy atom. The van der Waals surface area contributed by atoms with E-state index in [2.05, 4.69) is 16.7 Å². The number of benzene rings is 2. The second-order valence-electron chi connectivity index (χ2n) is 8.86. The molecule has 3 fully saturated rings. The van der Waals surface area contributed by atoms with Crippen molar-refractivity contribution in [1.82, 2.24) is 10.6 Å². The van der Waals surface area contributed by atoms with Gasteiger partial charge in [-0.25, -0.2) is 0 Å². The Hall–Kier alpha value is -2.21. The molecule has 178 valence electrons. The molecule has 6 N–H and O–H groups in total. The van der Waals surface area contributed by atoms with Crippen LogP contribution in [0, 0.1) is 5.92 Å². The number of ether oxygens (including phenoxy) is 1. The van der Waals surface area contributed by atoms with Crippen LogP contribution >= 0.6 is 11.8 Å². The van der Waals surface area contributed by atoms with Crippen LogP contribution in [-0.2, 0) is 20.1 Å². The number of aliphatic hydroxyl groups excluding tert-OH is 2. The molecule has 2 aromatic carbocycles. The minimum absolute atomic E-state index is 0.0597. The molecule has 33 heavy (non-hydrogen) atoms. The average Bonchev–Trinajstić information content (AvgIpc) is 2.79. The lowest BCUT2D eigenvalue weighted by Gasteiger charge is -2.51. The van der Waals surface area contributed by atoms with Gasteiger partial charge in [-0.05, 0) is 29.7 Å². The van der Waals surface area contributed by atoms with Crippen LogP contribution in [-0.4, -0.2) is 74.4 Å². The van der Waals surface area contributed by atoms with E-state index in [1.807, 2.05) is 36.4 Å². The maximum Gasteiger partial charge on any atom is 0.278 e. The van der Waals surface area contributed by atoms with Crippen LogP contribution in [0.1, 0.15) is 18.9 Å². The summed E-state index contributed by atoms with van der Waals surface area (Å²) in [5.41, 5.74) is -5.54. The summed E-state index contributed by atoms with van der Waals surface area (Å²) in [7, 11) is 0. The van der Waals surface area contributed by atoms with Crippen molar-refractivity contribution in [3.63, 3.8) is 0 Å². The third-order valence-corrected chi connectivity index (χ3v) is 7.55. The SMILES string of the molecule is C[C@@](O)(CO)[C@H](O)[C@@]12NC(=O)[C@@](O)(NC1=O)C(CSCc1ccc3ccccc3c1)CCO2. The molecule has 9 nitrogen and oxygen atoms in total. The molecule has 5 atom stereocenters. The van der Waals surface area contributed by atoms with Gasteiger partial charge >= 0.3 is 0 Å². The van der Waals surface area contributed by atoms with Gasteiger partial charge < -0.3 is 35.8 Å². The van der Waals surface area contributed by atoms with Crippen LogP contribution in [0.5, 0.6) is 0 Å². The Balaban J connectivity index is 1.47. The summed E-state index contributed by atoms with van der Waals surface area (Å²) in [5.74, 6) is -1.57. The molecule has 3 saturated heterocycles. The van der Waals surface area contributed by atoms with E-state index in [4.69, 9.17) is 4.74 Å². The number of thioether (sulfide) groups is 1. The minimum atomic E-state index is -2.32. The number of amides is 2. The molecule has 2 aromatic rings. The smallest absolute Gasteiger partial charge is 0.278 e. The van der Waals surface area contributed by atoms with Crippen LogP contribution in [0.25, 0.3) is 10.8 Å². The zero-order valence-electron chi connectivity index (χ0n) is 18.2. The molecule has 5 rings (SSSR count). The normalized spacial score (nSPS) is 30.2. The Bertz CT molecular complexity index is 1060. The van der Waals surface area contributed by atoms with Crippen molar-refractivity contribution in [1.29, 1.82) is 0 Å². The highest BCUT2D eigenvalue weighted by atomic mass is 32.2. The lowest BCUT2D eigenvalue weighted by molar-refractivity contribution is -0.240. The molecule has 0 radical (unpaired) electrons. The van der Waals surface area contributed by atoms with Gasteiger partial charge in [-0.3, -0.25) is 9.59 Å². The van der Waals surface area contributed by atoms with E-state index in [9.17, 15) is 30.0 Å². The zero-order chi connectivity index (χ0) is 23.9. The van der Waals surface area contributed by atoms with Crippen molar-refractivity contribution in [2.45, 2.75) is 42.3 Å². The quantitative estimate of drug-likeness (QED) is 0.323.